The average molecular weight is 568 g/mol. The molecule has 6 N–H and O–H groups in total. The van der Waals surface area contributed by atoms with Crippen LogP contribution in [0.3, 0.4) is 0 Å². The molecule has 0 saturated carbocycles. The van der Waals surface area contributed by atoms with E-state index in [2.05, 4.69) is 12.2 Å². The summed E-state index contributed by atoms with van der Waals surface area (Å²) in [4.78, 5) is 36.0. The zero-order valence-corrected chi connectivity index (χ0v) is 24.2. The molecule has 41 heavy (non-hydrogen) atoms. The van der Waals surface area contributed by atoms with Gasteiger partial charge in [0.15, 0.2) is 5.75 Å². The molecule has 2 unspecified atom stereocenters. The molecule has 1 heterocycles. The van der Waals surface area contributed by atoms with Gasteiger partial charge in [0.05, 0.1) is 17.9 Å². The van der Waals surface area contributed by atoms with E-state index in [0.717, 1.165) is 19.3 Å². The Labute approximate surface area is 243 Å². The van der Waals surface area contributed by atoms with Crippen LogP contribution >= 0.6 is 0 Å². The highest BCUT2D eigenvalue weighted by Gasteiger charge is 2.36. The van der Waals surface area contributed by atoms with Gasteiger partial charge in [0, 0.05) is 23.6 Å². The molecule has 3 rings (SSSR count). The summed E-state index contributed by atoms with van der Waals surface area (Å²) in [6.07, 6.45) is 16.6. The van der Waals surface area contributed by atoms with Crippen LogP contribution in [0.4, 0.5) is 5.69 Å². The summed E-state index contributed by atoms with van der Waals surface area (Å²) in [5.41, 5.74) is 11.1. The van der Waals surface area contributed by atoms with Crippen molar-refractivity contribution in [3.05, 3.63) is 47.5 Å². The van der Waals surface area contributed by atoms with Crippen LogP contribution in [0.2, 0.25) is 0 Å². The number of primary amides is 2. The number of anilines is 1. The number of ether oxygens (including phenoxy) is 2. The third kappa shape index (κ3) is 11.4. The van der Waals surface area contributed by atoms with Crippen molar-refractivity contribution in [3.8, 4) is 17.2 Å². The molecule has 0 aromatic heterocycles. The number of phenols is 1. The van der Waals surface area contributed by atoms with Gasteiger partial charge in [-0.15, -0.1) is 0 Å². The normalized spacial score (nSPS) is 15.8. The van der Waals surface area contributed by atoms with E-state index in [9.17, 15) is 19.5 Å². The molecule has 2 aromatic carbocycles. The predicted molar refractivity (Wildman–Crippen MR) is 159 cm³/mol. The quantitative estimate of drug-likeness (QED) is 0.105. The summed E-state index contributed by atoms with van der Waals surface area (Å²) in [5.74, 6) is -1.41. The fourth-order valence-corrected chi connectivity index (χ4v) is 4.96. The van der Waals surface area contributed by atoms with Crippen molar-refractivity contribution < 1.29 is 29.0 Å². The van der Waals surface area contributed by atoms with E-state index in [0.29, 0.717) is 25.0 Å². The summed E-state index contributed by atoms with van der Waals surface area (Å²) in [7, 11) is 0. The van der Waals surface area contributed by atoms with Gasteiger partial charge in [-0.25, -0.2) is 0 Å². The molecule has 1 fully saturated rings. The highest BCUT2D eigenvalue weighted by molar-refractivity contribution is 5.99. The number of hydrogen-bond acceptors (Lipinski definition) is 6. The van der Waals surface area contributed by atoms with Gasteiger partial charge in [-0.2, -0.15) is 0 Å². The predicted octanol–water partition coefficient (Wildman–Crippen LogP) is 6.57. The highest BCUT2D eigenvalue weighted by Crippen LogP contribution is 2.34. The second-order valence-corrected chi connectivity index (χ2v) is 10.9. The number of unbranched alkanes of at least 4 members (excludes halogenated alkanes) is 9. The zero-order chi connectivity index (χ0) is 29.6. The maximum Gasteiger partial charge on any atom is 0.248 e. The number of nitrogens with one attached hydrogen (secondary N) is 1. The number of benzene rings is 2. The minimum absolute atomic E-state index is 0.0516. The van der Waals surface area contributed by atoms with Gasteiger partial charge in [0.2, 0.25) is 17.7 Å². The van der Waals surface area contributed by atoms with Gasteiger partial charge in [-0.05, 0) is 49.6 Å². The molecular weight excluding hydrogens is 522 g/mol. The summed E-state index contributed by atoms with van der Waals surface area (Å²) < 4.78 is 11.7. The number of carbonyl (C=O) groups is 3. The number of aromatic hydroxyl groups is 1. The Morgan fingerprint density at radius 1 is 0.805 bits per heavy atom. The second-order valence-electron chi connectivity index (χ2n) is 10.9. The Morgan fingerprint density at radius 2 is 1.37 bits per heavy atom. The number of phenolic OH excluding ortho intramolecular Hbond substituents is 1. The Hall–Kier alpha value is -3.59. The molecule has 1 saturated heterocycles. The monoisotopic (exact) mass is 567 g/mol. The van der Waals surface area contributed by atoms with Crippen molar-refractivity contribution in [1.29, 1.82) is 0 Å². The summed E-state index contributed by atoms with van der Waals surface area (Å²) in [5, 5.41) is 12.7. The Balaban J connectivity index is 1.37. The molecule has 1 aliphatic heterocycles. The third-order valence-electron chi connectivity index (χ3n) is 7.36. The van der Waals surface area contributed by atoms with Crippen LogP contribution in [0.15, 0.2) is 36.4 Å². The molecule has 0 bridgehead atoms. The first-order valence-corrected chi connectivity index (χ1v) is 15.0. The van der Waals surface area contributed by atoms with E-state index in [1.54, 1.807) is 0 Å². The molecule has 2 atom stereocenters. The standard InChI is InChI=1S/C32H45N3O6/c1-2-3-4-5-6-7-8-9-10-13-28-29(41-28)14-11-12-15-30(37)35-26-21-24(36)16-17-27(26)40-25-19-22(31(33)38)18-23(20-25)32(34)39/h16-21,28-29,36H,2-15H2,1H3,(H2,33,38)(H2,34,39)(H,35,37). The second kappa shape index (κ2) is 16.6. The molecule has 1 aliphatic rings. The Bertz CT molecular complexity index is 1140. The first-order chi connectivity index (χ1) is 19.8. The van der Waals surface area contributed by atoms with Crippen molar-refractivity contribution in [1.82, 2.24) is 0 Å². The van der Waals surface area contributed by atoms with E-state index in [4.69, 9.17) is 20.9 Å². The third-order valence-corrected chi connectivity index (χ3v) is 7.36. The van der Waals surface area contributed by atoms with Crippen molar-refractivity contribution >= 4 is 23.4 Å². The van der Waals surface area contributed by atoms with Crippen molar-refractivity contribution in [2.24, 2.45) is 11.5 Å². The van der Waals surface area contributed by atoms with E-state index < -0.39 is 11.8 Å². The smallest absolute Gasteiger partial charge is 0.248 e. The Morgan fingerprint density at radius 3 is 1.95 bits per heavy atom. The topological polar surface area (TPSA) is 157 Å². The van der Waals surface area contributed by atoms with E-state index in [1.807, 2.05) is 0 Å². The number of amides is 3. The average Bonchev–Trinajstić information content (AvgIpc) is 3.69. The van der Waals surface area contributed by atoms with Crippen LogP contribution in [-0.2, 0) is 9.53 Å². The van der Waals surface area contributed by atoms with Gasteiger partial charge in [-0.1, -0.05) is 71.1 Å². The van der Waals surface area contributed by atoms with E-state index >= 15 is 0 Å². The molecular formula is C32H45N3O6. The fraction of sp³-hybridized carbons (Fsp3) is 0.531. The number of nitrogens with two attached hydrogens (primary N) is 2. The van der Waals surface area contributed by atoms with Crippen molar-refractivity contribution in [2.75, 3.05) is 5.32 Å². The molecule has 3 amide bonds. The lowest BCUT2D eigenvalue weighted by atomic mass is 10.0. The summed E-state index contributed by atoms with van der Waals surface area (Å²) in [6, 6.07) is 8.27. The van der Waals surface area contributed by atoms with Gasteiger partial charge in [0.25, 0.3) is 0 Å². The number of epoxide rings is 1. The highest BCUT2D eigenvalue weighted by atomic mass is 16.6. The Kier molecular flexibility index (Phi) is 12.9. The van der Waals surface area contributed by atoms with Crippen molar-refractivity contribution in [2.45, 2.75) is 109 Å². The maximum atomic E-state index is 12.6. The van der Waals surface area contributed by atoms with Crippen LogP contribution in [0.1, 0.15) is 118 Å². The first kappa shape index (κ1) is 31.9. The van der Waals surface area contributed by atoms with Crippen LogP contribution in [0.5, 0.6) is 17.2 Å². The van der Waals surface area contributed by atoms with Crippen LogP contribution in [-0.4, -0.2) is 35.0 Å². The van der Waals surface area contributed by atoms with Gasteiger partial charge < -0.3 is 31.4 Å². The van der Waals surface area contributed by atoms with Crippen LogP contribution in [0.25, 0.3) is 0 Å². The molecule has 0 aliphatic carbocycles. The lowest BCUT2D eigenvalue weighted by Crippen LogP contribution is -2.15. The SMILES string of the molecule is CCCCCCCCCCCC1OC1CCCCC(=O)Nc1cc(O)ccc1Oc1cc(C(N)=O)cc(C(N)=O)c1. The number of hydrogen-bond donors (Lipinski definition) is 4. The molecule has 9 heteroatoms. The minimum atomic E-state index is -0.747. The lowest BCUT2D eigenvalue weighted by molar-refractivity contribution is -0.116. The lowest BCUT2D eigenvalue weighted by Gasteiger charge is -2.14. The molecule has 0 radical (unpaired) electrons. The van der Waals surface area contributed by atoms with Gasteiger partial charge in [0.1, 0.15) is 11.5 Å². The molecule has 0 spiro atoms. The van der Waals surface area contributed by atoms with Gasteiger partial charge in [-0.3, -0.25) is 14.4 Å². The van der Waals surface area contributed by atoms with Crippen LogP contribution < -0.4 is 21.5 Å². The maximum absolute atomic E-state index is 12.6. The zero-order valence-electron chi connectivity index (χ0n) is 24.2. The van der Waals surface area contributed by atoms with Crippen LogP contribution in [0, 0.1) is 0 Å². The van der Waals surface area contributed by atoms with E-state index in [-0.39, 0.29) is 40.0 Å². The number of carbonyl (C=O) groups excluding carboxylic acids is 3. The van der Waals surface area contributed by atoms with Crippen molar-refractivity contribution in [3.63, 3.8) is 0 Å². The van der Waals surface area contributed by atoms with Gasteiger partial charge >= 0.3 is 0 Å². The molecule has 224 valence electrons. The van der Waals surface area contributed by atoms with E-state index in [1.165, 1.54) is 94.2 Å². The fourth-order valence-electron chi connectivity index (χ4n) is 4.96. The number of rotatable bonds is 20. The summed E-state index contributed by atoms with van der Waals surface area (Å²) >= 11 is 0. The summed E-state index contributed by atoms with van der Waals surface area (Å²) in [6.45, 7) is 2.25. The molecule has 9 nitrogen and oxygen atoms in total. The molecule has 2 aromatic rings. The largest absolute Gasteiger partial charge is 0.508 e. The first-order valence-electron chi connectivity index (χ1n) is 15.0. The minimum Gasteiger partial charge on any atom is -0.508 e.